The molecule has 3 aromatic carbocycles. The van der Waals surface area contributed by atoms with Gasteiger partial charge in [-0.15, -0.1) is 0 Å². The van der Waals surface area contributed by atoms with Crippen molar-refractivity contribution in [1.29, 1.82) is 0 Å². The average Bonchev–Trinajstić information content (AvgIpc) is 3.27. The fourth-order valence-electron chi connectivity index (χ4n) is 4.40. The van der Waals surface area contributed by atoms with E-state index in [2.05, 4.69) is 5.32 Å². The second kappa shape index (κ2) is 8.58. The molecule has 0 fully saturated rings. The molecule has 0 aliphatic carbocycles. The van der Waals surface area contributed by atoms with Gasteiger partial charge in [0.2, 0.25) is 5.91 Å². The Morgan fingerprint density at radius 1 is 0.970 bits per heavy atom. The van der Waals surface area contributed by atoms with Gasteiger partial charge in [0.15, 0.2) is 0 Å². The summed E-state index contributed by atoms with van der Waals surface area (Å²) in [5, 5.41) is 4.98. The summed E-state index contributed by atoms with van der Waals surface area (Å²) in [4.78, 5) is 27.3. The van der Waals surface area contributed by atoms with Crippen LogP contribution < -0.4 is 5.32 Å². The molecule has 0 atom stereocenters. The minimum Gasteiger partial charge on any atom is -0.461 e. The molecule has 0 saturated heterocycles. The van der Waals surface area contributed by atoms with E-state index in [1.54, 1.807) is 0 Å². The van der Waals surface area contributed by atoms with Gasteiger partial charge in [0.05, 0.1) is 0 Å². The van der Waals surface area contributed by atoms with Crippen LogP contribution in [0, 0.1) is 5.92 Å². The number of carbonyl (C=O) groups excluding carboxylic acids is 2. The van der Waals surface area contributed by atoms with E-state index in [1.807, 2.05) is 91.5 Å². The van der Waals surface area contributed by atoms with Gasteiger partial charge in [-0.25, -0.2) is 0 Å². The molecule has 33 heavy (non-hydrogen) atoms. The van der Waals surface area contributed by atoms with Gasteiger partial charge in [0, 0.05) is 47.8 Å². The number of hydrogen-bond acceptors (Lipinski definition) is 3. The van der Waals surface area contributed by atoms with Crippen LogP contribution in [0.1, 0.15) is 35.5 Å². The molecule has 0 unspecified atom stereocenters. The Morgan fingerprint density at radius 3 is 2.61 bits per heavy atom. The largest absolute Gasteiger partial charge is 0.461 e. The quantitative estimate of drug-likeness (QED) is 0.432. The van der Waals surface area contributed by atoms with E-state index >= 15 is 0 Å². The normalized spacial score (nSPS) is 13.2. The molecule has 2 heterocycles. The predicted molar refractivity (Wildman–Crippen MR) is 130 cm³/mol. The molecule has 0 radical (unpaired) electrons. The second-order valence-corrected chi connectivity index (χ2v) is 8.79. The number of nitrogens with zero attached hydrogens (tertiary/aromatic N) is 1. The van der Waals surface area contributed by atoms with Crippen LogP contribution in [-0.4, -0.2) is 23.3 Å². The van der Waals surface area contributed by atoms with Gasteiger partial charge < -0.3 is 14.6 Å². The maximum absolute atomic E-state index is 13.0. The van der Waals surface area contributed by atoms with Crippen molar-refractivity contribution in [1.82, 2.24) is 4.90 Å². The van der Waals surface area contributed by atoms with Crippen LogP contribution in [0.4, 0.5) is 5.69 Å². The number of rotatable bonds is 4. The minimum absolute atomic E-state index is 0.0139. The molecular weight excluding hydrogens is 412 g/mol. The zero-order chi connectivity index (χ0) is 22.9. The Kier molecular flexibility index (Phi) is 5.47. The Bertz CT molecular complexity index is 1350. The molecule has 5 rings (SSSR count). The lowest BCUT2D eigenvalue weighted by Crippen LogP contribution is -2.37. The summed E-state index contributed by atoms with van der Waals surface area (Å²) in [6, 6.07) is 23.3. The van der Waals surface area contributed by atoms with Crippen LogP contribution in [0.15, 0.2) is 77.2 Å². The van der Waals surface area contributed by atoms with Crippen LogP contribution in [0.5, 0.6) is 0 Å². The van der Waals surface area contributed by atoms with E-state index in [-0.39, 0.29) is 17.7 Å². The summed E-state index contributed by atoms with van der Waals surface area (Å²) in [7, 11) is 0. The van der Waals surface area contributed by atoms with Crippen molar-refractivity contribution >= 4 is 28.3 Å². The predicted octanol–water partition coefficient (Wildman–Crippen LogP) is 5.89. The first-order chi connectivity index (χ1) is 16.0. The molecule has 1 aliphatic rings. The van der Waals surface area contributed by atoms with Crippen molar-refractivity contribution in [2.75, 3.05) is 11.9 Å². The van der Waals surface area contributed by atoms with E-state index in [1.165, 1.54) is 0 Å². The third kappa shape index (κ3) is 4.14. The number of furan rings is 1. The zero-order valence-corrected chi connectivity index (χ0v) is 18.8. The first kappa shape index (κ1) is 21.0. The average molecular weight is 439 g/mol. The Morgan fingerprint density at radius 2 is 1.76 bits per heavy atom. The Labute approximate surface area is 193 Å². The molecular formula is C28H26N2O3. The fraction of sp³-hybridized carbons (Fsp3) is 0.214. The lowest BCUT2D eigenvalue weighted by atomic mass is 10.0. The van der Waals surface area contributed by atoms with Crippen molar-refractivity contribution in [3.8, 4) is 11.3 Å². The SMILES string of the molecule is CC(C)C(=O)N1CCc2oc(-c3cccc(NC(=O)c4cccc5ccccc45)c3)cc2C1. The highest BCUT2D eigenvalue weighted by molar-refractivity contribution is 6.13. The van der Waals surface area contributed by atoms with E-state index in [4.69, 9.17) is 4.42 Å². The van der Waals surface area contributed by atoms with E-state index in [9.17, 15) is 9.59 Å². The van der Waals surface area contributed by atoms with Crippen LogP contribution in [0.25, 0.3) is 22.1 Å². The number of fused-ring (bicyclic) bond motifs is 2. The highest BCUT2D eigenvalue weighted by Gasteiger charge is 2.25. The van der Waals surface area contributed by atoms with Crippen molar-refractivity contribution in [3.63, 3.8) is 0 Å². The monoisotopic (exact) mass is 438 g/mol. The van der Waals surface area contributed by atoms with E-state index in [0.717, 1.165) is 33.4 Å². The van der Waals surface area contributed by atoms with Crippen LogP contribution >= 0.6 is 0 Å². The number of amides is 2. The van der Waals surface area contributed by atoms with Gasteiger partial charge in [0.1, 0.15) is 11.5 Å². The van der Waals surface area contributed by atoms with Gasteiger partial charge in [-0.2, -0.15) is 0 Å². The fourth-order valence-corrected chi connectivity index (χ4v) is 4.40. The van der Waals surface area contributed by atoms with Gasteiger partial charge in [0.25, 0.3) is 5.91 Å². The zero-order valence-electron chi connectivity index (χ0n) is 18.8. The highest BCUT2D eigenvalue weighted by Crippen LogP contribution is 2.31. The first-order valence-electron chi connectivity index (χ1n) is 11.3. The third-order valence-electron chi connectivity index (χ3n) is 6.11. The summed E-state index contributed by atoms with van der Waals surface area (Å²) < 4.78 is 6.13. The molecule has 2 amide bonds. The first-order valence-corrected chi connectivity index (χ1v) is 11.3. The summed E-state index contributed by atoms with van der Waals surface area (Å²) in [5.74, 6) is 1.69. The van der Waals surface area contributed by atoms with Crippen molar-refractivity contribution < 1.29 is 14.0 Å². The molecule has 1 aliphatic heterocycles. The number of carbonyl (C=O) groups is 2. The maximum atomic E-state index is 13.0. The molecule has 1 N–H and O–H groups in total. The van der Waals surface area contributed by atoms with Crippen LogP contribution in [-0.2, 0) is 17.8 Å². The Balaban J connectivity index is 1.37. The van der Waals surface area contributed by atoms with Crippen LogP contribution in [0.3, 0.4) is 0 Å². The summed E-state index contributed by atoms with van der Waals surface area (Å²) in [5.41, 5.74) is 3.29. The standard InChI is InChI=1S/C28H26N2O3/c1-18(2)28(32)30-14-13-25-21(17-30)16-26(33-25)20-9-5-10-22(15-20)29-27(31)24-12-6-8-19-7-3-4-11-23(19)24/h3-12,15-16,18H,13-14,17H2,1-2H3,(H,29,31). The summed E-state index contributed by atoms with van der Waals surface area (Å²) in [6.45, 7) is 5.11. The molecule has 0 saturated carbocycles. The van der Waals surface area contributed by atoms with Gasteiger partial charge in [-0.3, -0.25) is 9.59 Å². The molecule has 166 valence electrons. The lowest BCUT2D eigenvalue weighted by Gasteiger charge is -2.27. The smallest absolute Gasteiger partial charge is 0.256 e. The minimum atomic E-state index is -0.148. The number of anilines is 1. The molecule has 1 aromatic heterocycles. The molecule has 0 bridgehead atoms. The molecule has 0 spiro atoms. The van der Waals surface area contributed by atoms with Crippen molar-refractivity contribution in [2.24, 2.45) is 5.92 Å². The topological polar surface area (TPSA) is 62.6 Å². The summed E-state index contributed by atoms with van der Waals surface area (Å²) >= 11 is 0. The van der Waals surface area contributed by atoms with Crippen molar-refractivity contribution in [2.45, 2.75) is 26.8 Å². The third-order valence-corrected chi connectivity index (χ3v) is 6.11. The number of hydrogen-bond donors (Lipinski definition) is 1. The van der Waals surface area contributed by atoms with Crippen molar-refractivity contribution in [3.05, 3.63) is 89.7 Å². The van der Waals surface area contributed by atoms with Gasteiger partial charge >= 0.3 is 0 Å². The molecule has 5 heteroatoms. The maximum Gasteiger partial charge on any atom is 0.256 e. The Hall–Kier alpha value is -3.86. The number of nitrogens with one attached hydrogen (secondary N) is 1. The van der Waals surface area contributed by atoms with Gasteiger partial charge in [-0.05, 0) is 35.0 Å². The highest BCUT2D eigenvalue weighted by atomic mass is 16.3. The molecule has 5 nitrogen and oxygen atoms in total. The van der Waals surface area contributed by atoms with E-state index < -0.39 is 0 Å². The lowest BCUT2D eigenvalue weighted by molar-refractivity contribution is -0.135. The van der Waals surface area contributed by atoms with Crippen LogP contribution in [0.2, 0.25) is 0 Å². The molecule has 4 aromatic rings. The summed E-state index contributed by atoms with van der Waals surface area (Å²) in [6.07, 6.45) is 0.714. The van der Waals surface area contributed by atoms with E-state index in [0.29, 0.717) is 30.8 Å². The van der Waals surface area contributed by atoms with Gasteiger partial charge in [-0.1, -0.05) is 62.4 Å². The second-order valence-electron chi connectivity index (χ2n) is 8.79. The number of benzene rings is 3.